The Morgan fingerprint density at radius 1 is 1.08 bits per heavy atom. The van der Waals surface area contributed by atoms with Crippen LogP contribution in [0.3, 0.4) is 0 Å². The van der Waals surface area contributed by atoms with Gasteiger partial charge in [-0.3, -0.25) is 9.78 Å². The monoisotopic (exact) mass is 365 g/mol. The first-order chi connectivity index (χ1) is 12.7. The van der Waals surface area contributed by atoms with E-state index in [2.05, 4.69) is 15.5 Å². The minimum atomic E-state index is -0.415. The van der Waals surface area contributed by atoms with Gasteiger partial charge in [-0.05, 0) is 30.3 Å². The van der Waals surface area contributed by atoms with Gasteiger partial charge in [-0.1, -0.05) is 41.9 Å². The summed E-state index contributed by atoms with van der Waals surface area (Å²) >= 11 is 5.99. The number of nitrogens with zero attached hydrogens (tertiary/aromatic N) is 2. The van der Waals surface area contributed by atoms with Crippen molar-refractivity contribution < 1.29 is 9.53 Å². The van der Waals surface area contributed by atoms with E-state index in [1.165, 1.54) is 13.2 Å². The quantitative estimate of drug-likeness (QED) is 0.550. The highest BCUT2D eigenvalue weighted by Gasteiger charge is 2.14. The first kappa shape index (κ1) is 17.6. The lowest BCUT2D eigenvalue weighted by atomic mass is 10.0. The molecule has 3 aromatic rings. The minimum absolute atomic E-state index is 0.308. The zero-order valence-electron chi connectivity index (χ0n) is 14.0. The zero-order chi connectivity index (χ0) is 18.4. The molecule has 1 aromatic heterocycles. The third-order valence-corrected chi connectivity index (χ3v) is 3.89. The number of carbonyl (C=O) groups is 1. The Morgan fingerprint density at radius 2 is 1.85 bits per heavy atom. The molecule has 5 nitrogen and oxygen atoms in total. The van der Waals surface area contributed by atoms with Gasteiger partial charge in [0.1, 0.15) is 5.75 Å². The van der Waals surface area contributed by atoms with Crippen LogP contribution in [0.15, 0.2) is 78.2 Å². The van der Waals surface area contributed by atoms with Crippen LogP contribution in [0.2, 0.25) is 5.02 Å². The van der Waals surface area contributed by atoms with Gasteiger partial charge in [-0.2, -0.15) is 5.10 Å². The Hall–Kier alpha value is -3.18. The van der Waals surface area contributed by atoms with E-state index < -0.39 is 5.91 Å². The summed E-state index contributed by atoms with van der Waals surface area (Å²) in [6, 6.07) is 18.1. The van der Waals surface area contributed by atoms with Crippen LogP contribution in [0.25, 0.3) is 0 Å². The number of hydrogen-bond donors (Lipinski definition) is 1. The highest BCUT2D eigenvalue weighted by Crippen LogP contribution is 2.22. The lowest BCUT2D eigenvalue weighted by Crippen LogP contribution is -2.21. The largest absolute Gasteiger partial charge is 0.496 e. The van der Waals surface area contributed by atoms with Gasteiger partial charge in [0, 0.05) is 28.5 Å². The average Bonchev–Trinajstić information content (AvgIpc) is 2.69. The summed E-state index contributed by atoms with van der Waals surface area (Å²) in [5.41, 5.74) is 5.14. The van der Waals surface area contributed by atoms with Gasteiger partial charge in [0.15, 0.2) is 0 Å². The standard InChI is InChI=1S/C20H16ClN3O2/c1-26-18-10-9-16(21)12-17(18)20(25)24-23-19(14-6-3-2-4-7-14)15-8-5-11-22-13-15/h2-13H,1H3,(H,24,25). The summed E-state index contributed by atoms with van der Waals surface area (Å²) in [6.45, 7) is 0. The van der Waals surface area contributed by atoms with Crippen LogP contribution in [0.4, 0.5) is 0 Å². The number of nitrogens with one attached hydrogen (secondary N) is 1. The average molecular weight is 366 g/mol. The molecule has 0 saturated heterocycles. The summed E-state index contributed by atoms with van der Waals surface area (Å²) in [7, 11) is 1.49. The maximum Gasteiger partial charge on any atom is 0.275 e. The van der Waals surface area contributed by atoms with Crippen LogP contribution in [0.1, 0.15) is 21.5 Å². The second-order valence-corrected chi connectivity index (χ2v) is 5.79. The van der Waals surface area contributed by atoms with Crippen molar-refractivity contribution in [1.29, 1.82) is 0 Å². The van der Waals surface area contributed by atoms with Gasteiger partial charge in [0.2, 0.25) is 0 Å². The minimum Gasteiger partial charge on any atom is -0.496 e. The lowest BCUT2D eigenvalue weighted by Gasteiger charge is -2.10. The SMILES string of the molecule is COc1ccc(Cl)cc1C(=O)NN=C(c1ccccc1)c1cccnc1. The zero-order valence-corrected chi connectivity index (χ0v) is 14.8. The fourth-order valence-corrected chi connectivity index (χ4v) is 2.59. The van der Waals surface area contributed by atoms with Gasteiger partial charge < -0.3 is 4.74 Å². The van der Waals surface area contributed by atoms with Crippen LogP contribution in [0, 0.1) is 0 Å². The number of ether oxygens (including phenoxy) is 1. The van der Waals surface area contributed by atoms with E-state index in [0.717, 1.165) is 11.1 Å². The molecule has 0 saturated carbocycles. The topological polar surface area (TPSA) is 63.6 Å². The van der Waals surface area contributed by atoms with Gasteiger partial charge >= 0.3 is 0 Å². The predicted octanol–water partition coefficient (Wildman–Crippen LogP) is 3.93. The van der Waals surface area contributed by atoms with Crippen molar-refractivity contribution in [2.24, 2.45) is 5.10 Å². The number of pyridine rings is 1. The van der Waals surface area contributed by atoms with Crippen molar-refractivity contribution in [3.05, 3.63) is 94.8 Å². The number of hydrazone groups is 1. The van der Waals surface area contributed by atoms with E-state index in [4.69, 9.17) is 16.3 Å². The number of halogens is 1. The molecule has 0 aliphatic heterocycles. The second-order valence-electron chi connectivity index (χ2n) is 5.35. The van der Waals surface area contributed by atoms with E-state index in [-0.39, 0.29) is 0 Å². The molecule has 0 aliphatic carbocycles. The van der Waals surface area contributed by atoms with E-state index >= 15 is 0 Å². The molecule has 0 bridgehead atoms. The van der Waals surface area contributed by atoms with Gasteiger partial charge in [0.25, 0.3) is 5.91 Å². The van der Waals surface area contributed by atoms with Crippen molar-refractivity contribution in [1.82, 2.24) is 10.4 Å². The Bertz CT molecular complexity index is 887. The van der Waals surface area contributed by atoms with Crippen molar-refractivity contribution >= 4 is 23.2 Å². The Kier molecular flexibility index (Phi) is 5.61. The fraction of sp³-hybridized carbons (Fsp3) is 0.0500. The number of amides is 1. The molecule has 26 heavy (non-hydrogen) atoms. The summed E-state index contributed by atoms with van der Waals surface area (Å²) in [5, 5.41) is 4.76. The molecule has 130 valence electrons. The first-order valence-corrected chi connectivity index (χ1v) is 8.24. The number of methoxy groups -OCH3 is 1. The van der Waals surface area contributed by atoms with E-state index in [1.807, 2.05) is 42.5 Å². The van der Waals surface area contributed by atoms with Gasteiger partial charge in [-0.15, -0.1) is 0 Å². The van der Waals surface area contributed by atoms with E-state index in [1.54, 1.807) is 24.5 Å². The molecule has 1 heterocycles. The second kappa shape index (κ2) is 8.27. The summed E-state index contributed by atoms with van der Waals surface area (Å²) in [5.74, 6) is 0.00594. The smallest absolute Gasteiger partial charge is 0.275 e. The molecule has 0 atom stereocenters. The number of carbonyl (C=O) groups excluding carboxylic acids is 1. The summed E-state index contributed by atoms with van der Waals surface area (Å²) in [6.07, 6.45) is 3.37. The van der Waals surface area contributed by atoms with Crippen LogP contribution >= 0.6 is 11.6 Å². The molecule has 0 spiro atoms. The van der Waals surface area contributed by atoms with Gasteiger partial charge in [0.05, 0.1) is 18.4 Å². The first-order valence-electron chi connectivity index (χ1n) is 7.86. The van der Waals surface area contributed by atoms with Crippen molar-refractivity contribution in [2.75, 3.05) is 7.11 Å². The molecule has 0 radical (unpaired) electrons. The number of rotatable bonds is 5. The lowest BCUT2D eigenvalue weighted by molar-refractivity contribution is 0.0952. The molecule has 2 aromatic carbocycles. The Balaban J connectivity index is 1.95. The fourth-order valence-electron chi connectivity index (χ4n) is 2.42. The van der Waals surface area contributed by atoms with E-state index in [0.29, 0.717) is 22.0 Å². The number of benzene rings is 2. The van der Waals surface area contributed by atoms with Crippen LogP contribution in [-0.2, 0) is 0 Å². The molecule has 6 heteroatoms. The third kappa shape index (κ3) is 4.07. The molecule has 1 N–H and O–H groups in total. The maximum absolute atomic E-state index is 12.6. The number of aromatic nitrogens is 1. The van der Waals surface area contributed by atoms with Crippen molar-refractivity contribution in [2.45, 2.75) is 0 Å². The summed E-state index contributed by atoms with van der Waals surface area (Å²) < 4.78 is 5.22. The van der Waals surface area contributed by atoms with E-state index in [9.17, 15) is 4.79 Å². The van der Waals surface area contributed by atoms with Crippen LogP contribution in [0.5, 0.6) is 5.75 Å². The molecule has 0 aliphatic rings. The molecular formula is C20H16ClN3O2. The third-order valence-electron chi connectivity index (χ3n) is 3.66. The van der Waals surface area contributed by atoms with Crippen LogP contribution < -0.4 is 10.2 Å². The molecule has 1 amide bonds. The molecule has 0 unspecified atom stereocenters. The number of hydrogen-bond acceptors (Lipinski definition) is 4. The predicted molar refractivity (Wildman–Crippen MR) is 102 cm³/mol. The molecule has 0 fully saturated rings. The molecule has 3 rings (SSSR count). The highest BCUT2D eigenvalue weighted by molar-refractivity contribution is 6.31. The van der Waals surface area contributed by atoms with Crippen LogP contribution in [-0.4, -0.2) is 23.7 Å². The highest BCUT2D eigenvalue weighted by atomic mass is 35.5. The summed E-state index contributed by atoms with van der Waals surface area (Å²) in [4.78, 5) is 16.7. The Morgan fingerprint density at radius 3 is 2.54 bits per heavy atom. The van der Waals surface area contributed by atoms with Gasteiger partial charge in [-0.25, -0.2) is 5.43 Å². The van der Waals surface area contributed by atoms with Crippen molar-refractivity contribution in [3.63, 3.8) is 0 Å². The Labute approximate surface area is 156 Å². The normalized spacial score (nSPS) is 11.1. The maximum atomic E-state index is 12.6. The molecular weight excluding hydrogens is 350 g/mol. The van der Waals surface area contributed by atoms with Crippen molar-refractivity contribution in [3.8, 4) is 5.75 Å².